The molecule has 0 amide bonds. The van der Waals surface area contributed by atoms with E-state index in [4.69, 9.17) is 9.07 Å². The van der Waals surface area contributed by atoms with E-state index in [0.717, 1.165) is 50.8 Å². The monoisotopic (exact) mass is 860 g/mol. The standard InChI is InChI=1S/C62H45BN2O2/c1-62(2)54-27-14-12-25-52(54)60-53(51-26-16-19-44-40-66-63(61(44)51)45-20-8-4-9-21-45)38-48(39-55(60)62)64(47-32-29-42(30-33-47)41-17-6-3-7-18-41)59-36-35-58(67-59)43-31-34-50-49-24-13-15-28-56(49)65(57(50)37-43)46-22-10-5-11-23-46/h3-39H,40H2,1-2H3. The summed E-state index contributed by atoms with van der Waals surface area (Å²) in [6.07, 6.45) is 0. The lowest BCUT2D eigenvalue weighted by molar-refractivity contribution is 0.337. The van der Waals surface area contributed by atoms with Crippen LogP contribution in [0.15, 0.2) is 229 Å². The van der Waals surface area contributed by atoms with Crippen molar-refractivity contribution in [3.8, 4) is 50.4 Å². The number of furan rings is 1. The molecule has 318 valence electrons. The minimum absolute atomic E-state index is 0.177. The van der Waals surface area contributed by atoms with Crippen LogP contribution in [0, 0.1) is 0 Å². The number of rotatable bonds is 8. The number of benzene rings is 9. The maximum absolute atomic E-state index is 7.15. The van der Waals surface area contributed by atoms with Crippen molar-refractivity contribution in [2.75, 3.05) is 4.90 Å². The second-order valence-corrected chi connectivity index (χ2v) is 18.4. The molecule has 9 aromatic carbocycles. The van der Waals surface area contributed by atoms with Crippen molar-refractivity contribution in [2.24, 2.45) is 0 Å². The Kier molecular flexibility index (Phi) is 9.09. The van der Waals surface area contributed by atoms with Gasteiger partial charge in [-0.1, -0.05) is 178 Å². The van der Waals surface area contributed by atoms with Crippen molar-refractivity contribution in [1.82, 2.24) is 4.57 Å². The zero-order chi connectivity index (χ0) is 44.6. The van der Waals surface area contributed by atoms with E-state index in [-0.39, 0.29) is 12.3 Å². The lowest BCUT2D eigenvalue weighted by Gasteiger charge is -2.28. The molecule has 0 fully saturated rings. The van der Waals surface area contributed by atoms with Gasteiger partial charge in [0, 0.05) is 39.2 Å². The zero-order valence-corrected chi connectivity index (χ0v) is 37.4. The van der Waals surface area contributed by atoms with Crippen LogP contribution in [0.1, 0.15) is 30.5 Å². The lowest BCUT2D eigenvalue weighted by atomic mass is 9.54. The number of para-hydroxylation sites is 2. The van der Waals surface area contributed by atoms with Crippen molar-refractivity contribution in [2.45, 2.75) is 25.9 Å². The number of nitrogens with zero attached hydrogens (tertiary/aromatic N) is 2. The molecule has 0 spiro atoms. The highest BCUT2D eigenvalue weighted by molar-refractivity contribution is 6.82. The van der Waals surface area contributed by atoms with E-state index in [2.05, 4.69) is 248 Å². The maximum atomic E-state index is 7.15. The second kappa shape index (κ2) is 15.5. The van der Waals surface area contributed by atoms with Crippen molar-refractivity contribution in [1.29, 1.82) is 0 Å². The van der Waals surface area contributed by atoms with Crippen molar-refractivity contribution >= 4 is 56.9 Å². The molecule has 67 heavy (non-hydrogen) atoms. The molecule has 0 unspecified atom stereocenters. The van der Waals surface area contributed by atoms with Gasteiger partial charge in [0.25, 0.3) is 0 Å². The van der Waals surface area contributed by atoms with Gasteiger partial charge in [-0.2, -0.15) is 0 Å². The summed E-state index contributed by atoms with van der Waals surface area (Å²) in [6.45, 7) is 5.12. The van der Waals surface area contributed by atoms with Gasteiger partial charge in [-0.3, -0.25) is 4.90 Å². The Hall–Kier alpha value is -8.12. The topological polar surface area (TPSA) is 30.5 Å². The fourth-order valence-corrected chi connectivity index (χ4v) is 11.0. The van der Waals surface area contributed by atoms with Crippen LogP contribution in [0.25, 0.3) is 72.2 Å². The molecule has 11 aromatic rings. The Morgan fingerprint density at radius 1 is 0.493 bits per heavy atom. The first kappa shape index (κ1) is 39.3. The minimum Gasteiger partial charge on any atom is -0.440 e. The molecule has 1 aliphatic heterocycles. The van der Waals surface area contributed by atoms with Crippen LogP contribution in [0.3, 0.4) is 0 Å². The van der Waals surface area contributed by atoms with Gasteiger partial charge in [-0.15, -0.1) is 0 Å². The highest BCUT2D eigenvalue weighted by atomic mass is 16.4. The smallest absolute Gasteiger partial charge is 0.362 e. The van der Waals surface area contributed by atoms with Gasteiger partial charge in [-0.25, -0.2) is 0 Å². The molecule has 0 saturated heterocycles. The number of anilines is 3. The molecule has 0 bridgehead atoms. The summed E-state index contributed by atoms with van der Waals surface area (Å²) in [4.78, 5) is 2.30. The third-order valence-electron chi connectivity index (χ3n) is 14.2. The van der Waals surface area contributed by atoms with Gasteiger partial charge < -0.3 is 13.6 Å². The Bertz CT molecular complexity index is 3670. The molecular weight excluding hydrogens is 816 g/mol. The Labute approximate surface area is 391 Å². The third-order valence-corrected chi connectivity index (χ3v) is 14.2. The van der Waals surface area contributed by atoms with E-state index in [1.54, 1.807) is 0 Å². The van der Waals surface area contributed by atoms with Crippen LogP contribution in [-0.4, -0.2) is 11.5 Å². The summed E-state index contributed by atoms with van der Waals surface area (Å²) >= 11 is 0. The van der Waals surface area contributed by atoms with Gasteiger partial charge >= 0.3 is 6.92 Å². The first-order chi connectivity index (χ1) is 33.0. The van der Waals surface area contributed by atoms with Crippen LogP contribution in [0.5, 0.6) is 0 Å². The summed E-state index contributed by atoms with van der Waals surface area (Å²) in [5.74, 6) is 1.53. The highest BCUT2D eigenvalue weighted by Crippen LogP contribution is 2.55. The molecule has 2 aromatic heterocycles. The molecule has 0 N–H and O–H groups in total. The summed E-state index contributed by atoms with van der Waals surface area (Å²) in [6, 6.07) is 80.8. The Morgan fingerprint density at radius 2 is 1.16 bits per heavy atom. The van der Waals surface area contributed by atoms with Crippen LogP contribution < -0.4 is 15.8 Å². The summed E-state index contributed by atoms with van der Waals surface area (Å²) in [5.41, 5.74) is 19.7. The minimum atomic E-state index is -0.270. The Morgan fingerprint density at radius 3 is 1.99 bits per heavy atom. The number of aromatic nitrogens is 1. The van der Waals surface area contributed by atoms with Gasteiger partial charge in [0.15, 0.2) is 0 Å². The summed E-state index contributed by atoms with van der Waals surface area (Å²) in [7, 11) is 0. The highest BCUT2D eigenvalue weighted by Gasteiger charge is 2.40. The fraction of sp³-hybridized carbons (Fsp3) is 0.0645. The van der Waals surface area contributed by atoms with Crippen molar-refractivity contribution in [3.05, 3.63) is 241 Å². The average Bonchev–Trinajstić information content (AvgIpc) is 4.17. The molecule has 2 aliphatic rings. The third kappa shape index (κ3) is 6.34. The molecular formula is C62H45BN2O2. The van der Waals surface area contributed by atoms with Crippen molar-refractivity contribution in [3.63, 3.8) is 0 Å². The molecule has 1 aliphatic carbocycles. The predicted octanol–water partition coefficient (Wildman–Crippen LogP) is 14.8. The van der Waals surface area contributed by atoms with Gasteiger partial charge in [0.05, 0.1) is 23.3 Å². The molecule has 0 atom stereocenters. The van der Waals surface area contributed by atoms with Crippen molar-refractivity contribution < 1.29 is 9.07 Å². The van der Waals surface area contributed by atoms with Gasteiger partial charge in [-0.05, 0) is 116 Å². The fourth-order valence-electron chi connectivity index (χ4n) is 11.0. The van der Waals surface area contributed by atoms with Gasteiger partial charge in [0.1, 0.15) is 5.76 Å². The molecule has 0 radical (unpaired) electrons. The van der Waals surface area contributed by atoms with Crippen LogP contribution in [-0.2, 0) is 16.7 Å². The van der Waals surface area contributed by atoms with E-state index in [9.17, 15) is 0 Å². The predicted molar refractivity (Wildman–Crippen MR) is 278 cm³/mol. The Balaban J connectivity index is 1.02. The molecule has 4 nitrogen and oxygen atoms in total. The molecule has 0 saturated carbocycles. The maximum Gasteiger partial charge on any atom is 0.362 e. The summed E-state index contributed by atoms with van der Waals surface area (Å²) < 4.78 is 16.2. The largest absolute Gasteiger partial charge is 0.440 e. The quantitative estimate of drug-likeness (QED) is 0.143. The summed E-state index contributed by atoms with van der Waals surface area (Å²) in [5, 5.41) is 2.43. The molecule has 3 heterocycles. The van der Waals surface area contributed by atoms with Crippen LogP contribution in [0.2, 0.25) is 0 Å². The first-order valence-corrected chi connectivity index (χ1v) is 23.2. The normalized spacial score (nSPS) is 13.5. The van der Waals surface area contributed by atoms with E-state index < -0.39 is 0 Å². The van der Waals surface area contributed by atoms with Crippen LogP contribution in [0.4, 0.5) is 17.3 Å². The van der Waals surface area contributed by atoms with E-state index in [1.807, 2.05) is 0 Å². The molecule has 5 heteroatoms. The van der Waals surface area contributed by atoms with Gasteiger partial charge in [0.2, 0.25) is 5.88 Å². The first-order valence-electron chi connectivity index (χ1n) is 23.2. The molecule has 13 rings (SSSR count). The van der Waals surface area contributed by atoms with E-state index >= 15 is 0 Å². The second-order valence-electron chi connectivity index (χ2n) is 18.4. The number of fused-ring (bicyclic) bond motifs is 7. The van der Waals surface area contributed by atoms with E-state index in [0.29, 0.717) is 6.61 Å². The van der Waals surface area contributed by atoms with E-state index in [1.165, 1.54) is 66.3 Å². The zero-order valence-electron chi connectivity index (χ0n) is 37.4. The average molecular weight is 861 g/mol. The number of hydrogen-bond donors (Lipinski definition) is 0. The van der Waals surface area contributed by atoms with Crippen LogP contribution >= 0.6 is 0 Å². The number of hydrogen-bond acceptors (Lipinski definition) is 3. The SMILES string of the molecule is CC1(C)c2ccccc2-c2c(-c3cccc4c3B(c3ccccc3)OC4)cc(N(c3ccc(-c4ccccc4)cc3)c3ccc(-c4ccc5c6ccccc6n(-c6ccccc6)c5c4)o3)cc21. The lowest BCUT2D eigenvalue weighted by Crippen LogP contribution is -2.42.